The van der Waals surface area contributed by atoms with Crippen molar-refractivity contribution in [3.05, 3.63) is 53.0 Å². The summed E-state index contributed by atoms with van der Waals surface area (Å²) in [5, 5.41) is 4.16. The number of hydrogen-bond acceptors (Lipinski definition) is 8. The first-order valence-electron chi connectivity index (χ1n) is 8.60. The zero-order valence-electron chi connectivity index (χ0n) is 15.2. The van der Waals surface area contributed by atoms with Crippen molar-refractivity contribution in [2.24, 2.45) is 0 Å². The Balaban J connectivity index is 1.52. The quantitative estimate of drug-likeness (QED) is 0.482. The number of hydrogen-bond donors (Lipinski definition) is 2. The molecule has 3 aromatic heterocycles. The summed E-state index contributed by atoms with van der Waals surface area (Å²) in [6.45, 7) is 0.398. The Bertz CT molecular complexity index is 1260. The van der Waals surface area contributed by atoms with Crippen LogP contribution in [0.25, 0.3) is 11.2 Å². The van der Waals surface area contributed by atoms with Gasteiger partial charge in [-0.25, -0.2) is 24.7 Å². The maximum atomic E-state index is 12.6. The second-order valence-corrected chi connectivity index (χ2v) is 7.60. The SMILES string of the molecule is CN(C)c1ncnc2c1[nH]c(=O)n2Cc1ccc2c(c1)Nc1nccnc1S2. The van der Waals surface area contributed by atoms with Gasteiger partial charge >= 0.3 is 5.69 Å². The molecule has 1 aliphatic heterocycles. The number of aromatic amines is 1. The fourth-order valence-electron chi connectivity index (χ4n) is 3.20. The van der Waals surface area contributed by atoms with E-state index in [0.717, 1.165) is 27.0 Å². The van der Waals surface area contributed by atoms with Crippen LogP contribution in [0.4, 0.5) is 17.3 Å². The fraction of sp³-hybridized carbons (Fsp3) is 0.167. The van der Waals surface area contributed by atoms with Gasteiger partial charge in [-0.3, -0.25) is 4.57 Å². The highest BCUT2D eigenvalue weighted by atomic mass is 32.2. The minimum absolute atomic E-state index is 0.213. The third-order valence-corrected chi connectivity index (χ3v) is 5.54. The smallest absolute Gasteiger partial charge is 0.328 e. The zero-order chi connectivity index (χ0) is 19.3. The molecule has 0 unspecified atom stereocenters. The average Bonchev–Trinajstić information content (AvgIpc) is 3.01. The minimum atomic E-state index is -0.213. The van der Waals surface area contributed by atoms with Gasteiger partial charge in [-0.15, -0.1) is 0 Å². The van der Waals surface area contributed by atoms with Crippen molar-refractivity contribution in [1.82, 2.24) is 29.5 Å². The minimum Gasteiger partial charge on any atom is -0.361 e. The summed E-state index contributed by atoms with van der Waals surface area (Å²) in [7, 11) is 3.76. The maximum Gasteiger partial charge on any atom is 0.328 e. The van der Waals surface area contributed by atoms with Crippen LogP contribution in [0.15, 0.2) is 51.6 Å². The van der Waals surface area contributed by atoms with Crippen molar-refractivity contribution in [2.45, 2.75) is 16.5 Å². The molecule has 0 amide bonds. The van der Waals surface area contributed by atoms with Crippen LogP contribution in [-0.2, 0) is 6.54 Å². The summed E-state index contributed by atoms with van der Waals surface area (Å²) >= 11 is 1.57. The molecule has 0 atom stereocenters. The summed E-state index contributed by atoms with van der Waals surface area (Å²) in [6.07, 6.45) is 4.82. The number of aromatic nitrogens is 6. The second-order valence-electron chi connectivity index (χ2n) is 6.57. The Morgan fingerprint density at radius 1 is 1.14 bits per heavy atom. The summed E-state index contributed by atoms with van der Waals surface area (Å²) in [5.74, 6) is 1.42. The molecule has 1 aromatic carbocycles. The van der Waals surface area contributed by atoms with Gasteiger partial charge in [0.1, 0.15) is 16.9 Å². The molecule has 1 aliphatic rings. The zero-order valence-corrected chi connectivity index (χ0v) is 16.0. The molecule has 0 saturated heterocycles. The number of imidazole rings is 1. The Kier molecular flexibility index (Phi) is 3.79. The number of anilines is 3. The van der Waals surface area contributed by atoms with Gasteiger partial charge in [-0.1, -0.05) is 17.8 Å². The number of benzene rings is 1. The molecule has 0 saturated carbocycles. The molecule has 0 radical (unpaired) electrons. The van der Waals surface area contributed by atoms with Crippen LogP contribution in [0.5, 0.6) is 0 Å². The molecule has 2 N–H and O–H groups in total. The standard InChI is InChI=1S/C18H16N8OS/c1-25(2)15-13-16(22-9-21-15)26(18(27)24-13)8-10-3-4-12-11(7-10)23-14-17(28-12)20-6-5-19-14/h3-7,9H,8H2,1-2H3,(H,19,23)(H,24,27). The normalized spacial score (nSPS) is 12.4. The fourth-order valence-corrected chi connectivity index (χ4v) is 4.08. The molecule has 140 valence electrons. The van der Waals surface area contributed by atoms with Gasteiger partial charge in [-0.05, 0) is 17.7 Å². The Morgan fingerprint density at radius 3 is 2.86 bits per heavy atom. The number of rotatable bonds is 3. The maximum absolute atomic E-state index is 12.6. The molecule has 10 heteroatoms. The molecular weight excluding hydrogens is 376 g/mol. The largest absolute Gasteiger partial charge is 0.361 e. The third kappa shape index (κ3) is 2.69. The van der Waals surface area contributed by atoms with E-state index in [-0.39, 0.29) is 5.69 Å². The van der Waals surface area contributed by atoms with Crippen LogP contribution in [0.1, 0.15) is 5.56 Å². The lowest BCUT2D eigenvalue weighted by Gasteiger charge is -2.19. The first-order chi connectivity index (χ1) is 13.6. The van der Waals surface area contributed by atoms with Crippen LogP contribution >= 0.6 is 11.8 Å². The van der Waals surface area contributed by atoms with Crippen LogP contribution in [0.3, 0.4) is 0 Å². The highest BCUT2D eigenvalue weighted by Crippen LogP contribution is 2.42. The van der Waals surface area contributed by atoms with Gasteiger partial charge in [0.25, 0.3) is 0 Å². The number of nitrogens with zero attached hydrogens (tertiary/aromatic N) is 6. The lowest BCUT2D eigenvalue weighted by Crippen LogP contribution is -2.18. The molecule has 4 aromatic rings. The predicted octanol–water partition coefficient (Wildman–Crippen LogP) is 2.23. The molecule has 28 heavy (non-hydrogen) atoms. The van der Waals surface area contributed by atoms with E-state index in [1.165, 1.54) is 6.33 Å². The highest BCUT2D eigenvalue weighted by molar-refractivity contribution is 7.99. The lowest BCUT2D eigenvalue weighted by molar-refractivity contribution is 0.777. The second kappa shape index (κ2) is 6.34. The van der Waals surface area contributed by atoms with Crippen molar-refractivity contribution < 1.29 is 0 Å². The average molecular weight is 392 g/mol. The van der Waals surface area contributed by atoms with E-state index in [1.807, 2.05) is 37.2 Å². The topological polar surface area (TPSA) is 105 Å². The van der Waals surface area contributed by atoms with Gasteiger partial charge < -0.3 is 15.2 Å². The number of nitrogens with one attached hydrogen (secondary N) is 2. The van der Waals surface area contributed by atoms with Crippen LogP contribution < -0.4 is 15.9 Å². The number of H-pyrrole nitrogens is 1. The predicted molar refractivity (Wildman–Crippen MR) is 107 cm³/mol. The van der Waals surface area contributed by atoms with E-state index in [2.05, 4.69) is 30.2 Å². The Hall–Kier alpha value is -3.40. The van der Waals surface area contributed by atoms with Crippen LogP contribution in [0.2, 0.25) is 0 Å². The molecule has 5 rings (SSSR count). The summed E-state index contributed by atoms with van der Waals surface area (Å²) in [6, 6.07) is 6.06. The summed E-state index contributed by atoms with van der Waals surface area (Å²) in [5.41, 5.74) is 2.93. The molecule has 9 nitrogen and oxygen atoms in total. The van der Waals surface area contributed by atoms with E-state index in [9.17, 15) is 4.79 Å². The van der Waals surface area contributed by atoms with Gasteiger partial charge in [-0.2, -0.15) is 0 Å². The highest BCUT2D eigenvalue weighted by Gasteiger charge is 2.19. The van der Waals surface area contributed by atoms with Gasteiger partial charge in [0.15, 0.2) is 17.3 Å². The number of fused-ring (bicyclic) bond motifs is 3. The molecule has 0 aliphatic carbocycles. The lowest BCUT2D eigenvalue weighted by atomic mass is 10.2. The first kappa shape index (κ1) is 16.8. The van der Waals surface area contributed by atoms with Crippen molar-refractivity contribution in [2.75, 3.05) is 24.3 Å². The van der Waals surface area contributed by atoms with E-state index in [4.69, 9.17) is 0 Å². The molecule has 4 heterocycles. The van der Waals surface area contributed by atoms with Gasteiger partial charge in [0.05, 0.1) is 12.2 Å². The van der Waals surface area contributed by atoms with E-state index in [0.29, 0.717) is 23.5 Å². The van der Waals surface area contributed by atoms with Crippen molar-refractivity contribution in [3.63, 3.8) is 0 Å². The molecule has 0 bridgehead atoms. The van der Waals surface area contributed by atoms with Crippen molar-refractivity contribution >= 4 is 40.2 Å². The Labute approximate surface area is 163 Å². The molecule has 0 fully saturated rings. The monoisotopic (exact) mass is 392 g/mol. The third-order valence-electron chi connectivity index (χ3n) is 4.47. The summed E-state index contributed by atoms with van der Waals surface area (Å²) < 4.78 is 1.62. The Morgan fingerprint density at radius 2 is 2.00 bits per heavy atom. The van der Waals surface area contributed by atoms with Gasteiger partial charge in [0, 0.05) is 31.4 Å². The van der Waals surface area contributed by atoms with Crippen LogP contribution in [0, 0.1) is 0 Å². The van der Waals surface area contributed by atoms with E-state index >= 15 is 0 Å². The summed E-state index contributed by atoms with van der Waals surface area (Å²) in [4.78, 5) is 35.6. The van der Waals surface area contributed by atoms with E-state index in [1.54, 1.807) is 28.7 Å². The van der Waals surface area contributed by atoms with Crippen molar-refractivity contribution in [1.29, 1.82) is 0 Å². The molecule has 0 spiro atoms. The van der Waals surface area contributed by atoms with Gasteiger partial charge in [0.2, 0.25) is 0 Å². The molecular formula is C18H16N8OS. The van der Waals surface area contributed by atoms with Crippen molar-refractivity contribution in [3.8, 4) is 0 Å². The van der Waals surface area contributed by atoms with E-state index < -0.39 is 0 Å². The van der Waals surface area contributed by atoms with Crippen LogP contribution in [-0.4, -0.2) is 43.6 Å². The first-order valence-corrected chi connectivity index (χ1v) is 9.41.